The van der Waals surface area contributed by atoms with Gasteiger partial charge in [-0.2, -0.15) is 13.2 Å². The van der Waals surface area contributed by atoms with E-state index >= 15 is 0 Å². The molecule has 1 aromatic rings. The number of benzene rings is 1. The Kier molecular flexibility index (Phi) is 7.86. The fraction of sp³-hybridized carbons (Fsp3) is 0.533. The van der Waals surface area contributed by atoms with Crippen LogP contribution in [0.2, 0.25) is 0 Å². The van der Waals surface area contributed by atoms with E-state index in [-0.39, 0.29) is 36.1 Å². The first kappa shape index (κ1) is 21.5. The maximum Gasteiger partial charge on any atom is 0.416 e. The average molecular weight is 355 g/mol. The first-order chi connectivity index (χ1) is 10.0. The summed E-state index contributed by atoms with van der Waals surface area (Å²) in [6.07, 6.45) is -4.44. The molecule has 1 rings (SSSR count). The summed E-state index contributed by atoms with van der Waals surface area (Å²) >= 11 is 0. The minimum absolute atomic E-state index is 0. The van der Waals surface area contributed by atoms with Crippen molar-refractivity contribution >= 4 is 18.3 Å². The predicted octanol–water partition coefficient (Wildman–Crippen LogP) is 2.95. The Hall–Kier alpha value is -1.47. The van der Waals surface area contributed by atoms with E-state index < -0.39 is 11.7 Å². The molecule has 0 aromatic heterocycles. The number of halogens is 4. The number of hydrogen-bond acceptors (Lipinski definition) is 3. The number of carbonyl (C=O) groups excluding carboxylic acids is 1. The third-order valence-corrected chi connectivity index (χ3v) is 3.17. The van der Waals surface area contributed by atoms with E-state index in [4.69, 9.17) is 10.5 Å². The average Bonchev–Trinajstić information content (AvgIpc) is 2.43. The van der Waals surface area contributed by atoms with Crippen LogP contribution in [0.15, 0.2) is 24.3 Å². The molecular weight excluding hydrogens is 333 g/mol. The van der Waals surface area contributed by atoms with Gasteiger partial charge in [0.15, 0.2) is 6.61 Å². The molecule has 0 radical (unpaired) electrons. The minimum atomic E-state index is -4.44. The Balaban J connectivity index is 0.00000484. The third kappa shape index (κ3) is 7.09. The molecule has 0 aliphatic heterocycles. The van der Waals surface area contributed by atoms with Gasteiger partial charge < -0.3 is 15.4 Å². The van der Waals surface area contributed by atoms with Crippen LogP contribution in [-0.2, 0) is 11.0 Å². The number of amides is 1. The minimum Gasteiger partial charge on any atom is -0.484 e. The monoisotopic (exact) mass is 354 g/mol. The Morgan fingerprint density at radius 3 is 2.43 bits per heavy atom. The molecule has 0 saturated heterocycles. The highest BCUT2D eigenvalue weighted by Gasteiger charge is 2.30. The molecular formula is C15H22ClF3N2O2. The SMILES string of the molecule is CN(CC(C)(C)CN)C(=O)COc1cccc(C(F)(F)F)c1.Cl. The fourth-order valence-corrected chi connectivity index (χ4v) is 1.81. The molecule has 0 aliphatic rings. The number of hydrogen-bond donors (Lipinski definition) is 1. The fourth-order valence-electron chi connectivity index (χ4n) is 1.81. The molecule has 0 fully saturated rings. The van der Waals surface area contributed by atoms with Gasteiger partial charge in [0.1, 0.15) is 5.75 Å². The largest absolute Gasteiger partial charge is 0.484 e. The van der Waals surface area contributed by atoms with Crippen LogP contribution in [-0.4, -0.2) is 37.6 Å². The van der Waals surface area contributed by atoms with Crippen LogP contribution >= 0.6 is 12.4 Å². The van der Waals surface area contributed by atoms with Crippen molar-refractivity contribution in [3.8, 4) is 5.75 Å². The Morgan fingerprint density at radius 1 is 1.30 bits per heavy atom. The van der Waals surface area contributed by atoms with E-state index in [1.54, 1.807) is 7.05 Å². The van der Waals surface area contributed by atoms with Crippen molar-refractivity contribution in [2.24, 2.45) is 11.1 Å². The van der Waals surface area contributed by atoms with E-state index in [0.29, 0.717) is 13.1 Å². The second-order valence-corrected chi connectivity index (χ2v) is 5.93. The highest BCUT2D eigenvalue weighted by atomic mass is 35.5. The Labute approximate surface area is 140 Å². The molecule has 0 bridgehead atoms. The van der Waals surface area contributed by atoms with Crippen LogP contribution in [0.5, 0.6) is 5.75 Å². The third-order valence-electron chi connectivity index (χ3n) is 3.17. The summed E-state index contributed by atoms with van der Waals surface area (Å²) < 4.78 is 42.9. The summed E-state index contributed by atoms with van der Waals surface area (Å²) in [7, 11) is 1.61. The first-order valence-electron chi connectivity index (χ1n) is 6.79. The molecule has 0 unspecified atom stereocenters. The molecule has 1 aromatic carbocycles. The number of ether oxygens (including phenoxy) is 1. The molecule has 4 nitrogen and oxygen atoms in total. The summed E-state index contributed by atoms with van der Waals surface area (Å²) in [6.45, 7) is 4.38. The van der Waals surface area contributed by atoms with Crippen molar-refractivity contribution in [1.29, 1.82) is 0 Å². The van der Waals surface area contributed by atoms with Crippen molar-refractivity contribution < 1.29 is 22.7 Å². The van der Waals surface area contributed by atoms with Crippen LogP contribution in [0, 0.1) is 5.41 Å². The lowest BCUT2D eigenvalue weighted by atomic mass is 9.93. The molecule has 0 heterocycles. The van der Waals surface area contributed by atoms with Gasteiger partial charge in [0.25, 0.3) is 5.91 Å². The normalized spacial score (nSPS) is 11.6. The van der Waals surface area contributed by atoms with Gasteiger partial charge in [-0.1, -0.05) is 19.9 Å². The maximum absolute atomic E-state index is 12.6. The van der Waals surface area contributed by atoms with Crippen molar-refractivity contribution in [2.75, 3.05) is 26.7 Å². The predicted molar refractivity (Wildman–Crippen MR) is 84.7 cm³/mol. The lowest BCUT2D eigenvalue weighted by Crippen LogP contribution is -2.41. The van der Waals surface area contributed by atoms with Gasteiger partial charge in [-0.15, -0.1) is 12.4 Å². The van der Waals surface area contributed by atoms with Crippen LogP contribution in [0.25, 0.3) is 0 Å². The van der Waals surface area contributed by atoms with E-state index in [9.17, 15) is 18.0 Å². The second-order valence-electron chi connectivity index (χ2n) is 5.93. The molecule has 2 N–H and O–H groups in total. The quantitative estimate of drug-likeness (QED) is 0.854. The number of rotatable bonds is 6. The summed E-state index contributed by atoms with van der Waals surface area (Å²) in [5, 5.41) is 0. The van der Waals surface area contributed by atoms with E-state index in [0.717, 1.165) is 12.1 Å². The number of likely N-dealkylation sites (N-methyl/N-ethyl adjacent to an activating group) is 1. The smallest absolute Gasteiger partial charge is 0.416 e. The van der Waals surface area contributed by atoms with Gasteiger partial charge in [0.05, 0.1) is 5.56 Å². The van der Waals surface area contributed by atoms with Gasteiger partial charge >= 0.3 is 6.18 Å². The summed E-state index contributed by atoms with van der Waals surface area (Å²) in [4.78, 5) is 13.4. The lowest BCUT2D eigenvalue weighted by molar-refractivity contribution is -0.137. The summed E-state index contributed by atoms with van der Waals surface area (Å²) in [6, 6.07) is 4.44. The van der Waals surface area contributed by atoms with Gasteiger partial charge in [0, 0.05) is 13.6 Å². The highest BCUT2D eigenvalue weighted by Crippen LogP contribution is 2.31. The van der Waals surface area contributed by atoms with Crippen molar-refractivity contribution in [3.05, 3.63) is 29.8 Å². The molecule has 132 valence electrons. The first-order valence-corrected chi connectivity index (χ1v) is 6.79. The number of carbonyl (C=O) groups is 1. The standard InChI is InChI=1S/C15H21F3N2O2.ClH/c1-14(2,9-19)10-20(3)13(21)8-22-12-6-4-5-11(7-12)15(16,17)18;/h4-7H,8-10,19H2,1-3H3;1H. The molecule has 0 spiro atoms. The number of nitrogens with zero attached hydrogens (tertiary/aromatic N) is 1. The summed E-state index contributed by atoms with van der Waals surface area (Å²) in [5.41, 5.74) is 4.56. The van der Waals surface area contributed by atoms with Crippen LogP contribution in [0.4, 0.5) is 13.2 Å². The molecule has 0 aliphatic carbocycles. The maximum atomic E-state index is 12.6. The van der Waals surface area contributed by atoms with Gasteiger partial charge in [-0.05, 0) is 30.2 Å². The zero-order valence-corrected chi connectivity index (χ0v) is 14.1. The summed E-state index contributed by atoms with van der Waals surface area (Å²) in [5.74, 6) is -0.311. The number of alkyl halides is 3. The highest BCUT2D eigenvalue weighted by molar-refractivity contribution is 5.85. The molecule has 0 atom stereocenters. The lowest BCUT2D eigenvalue weighted by Gasteiger charge is -2.29. The Morgan fingerprint density at radius 2 is 1.91 bits per heavy atom. The van der Waals surface area contributed by atoms with Crippen molar-refractivity contribution in [3.63, 3.8) is 0 Å². The van der Waals surface area contributed by atoms with Gasteiger partial charge in [0.2, 0.25) is 0 Å². The van der Waals surface area contributed by atoms with Gasteiger partial charge in [-0.25, -0.2) is 0 Å². The molecule has 1 amide bonds. The second kappa shape index (κ2) is 8.40. The van der Waals surface area contributed by atoms with E-state index in [1.807, 2.05) is 13.8 Å². The van der Waals surface area contributed by atoms with Crippen molar-refractivity contribution in [2.45, 2.75) is 20.0 Å². The van der Waals surface area contributed by atoms with Crippen molar-refractivity contribution in [1.82, 2.24) is 4.90 Å². The Bertz CT molecular complexity index is 522. The van der Waals surface area contributed by atoms with E-state index in [2.05, 4.69) is 0 Å². The van der Waals surface area contributed by atoms with E-state index in [1.165, 1.54) is 17.0 Å². The zero-order valence-electron chi connectivity index (χ0n) is 13.3. The van der Waals surface area contributed by atoms with Crippen LogP contribution in [0.1, 0.15) is 19.4 Å². The van der Waals surface area contributed by atoms with Crippen LogP contribution < -0.4 is 10.5 Å². The molecule has 0 saturated carbocycles. The van der Waals surface area contributed by atoms with Gasteiger partial charge in [-0.3, -0.25) is 4.79 Å². The zero-order chi connectivity index (χ0) is 17.0. The topological polar surface area (TPSA) is 55.6 Å². The van der Waals surface area contributed by atoms with Crippen LogP contribution in [0.3, 0.4) is 0 Å². The molecule has 8 heteroatoms. The number of nitrogens with two attached hydrogens (primary N) is 1. The molecule has 23 heavy (non-hydrogen) atoms.